The van der Waals surface area contributed by atoms with Gasteiger partial charge in [0.05, 0.1) is 23.5 Å². The lowest BCUT2D eigenvalue weighted by Gasteiger charge is -2.38. The Labute approximate surface area is 186 Å². The second kappa shape index (κ2) is 7.22. The number of hydrogen-bond donors (Lipinski definition) is 1. The number of carbonyl (C=O) groups excluding carboxylic acids is 1. The van der Waals surface area contributed by atoms with Crippen molar-refractivity contribution in [3.05, 3.63) is 61.1 Å². The van der Waals surface area contributed by atoms with Crippen molar-refractivity contribution >= 4 is 17.4 Å². The summed E-state index contributed by atoms with van der Waals surface area (Å²) in [7, 11) is 1.93. The summed E-state index contributed by atoms with van der Waals surface area (Å²) in [6, 6.07) is 14.9. The molecule has 0 atom stereocenters. The van der Waals surface area contributed by atoms with E-state index >= 15 is 0 Å². The van der Waals surface area contributed by atoms with Crippen LogP contribution >= 0.6 is 0 Å². The molecular formula is C25H26N6O. The summed E-state index contributed by atoms with van der Waals surface area (Å²) in [5.74, 6) is 1.38. The highest BCUT2D eigenvalue weighted by atomic mass is 16.2. The first kappa shape index (κ1) is 19.1. The van der Waals surface area contributed by atoms with E-state index in [2.05, 4.69) is 61.1 Å². The first-order chi connectivity index (χ1) is 15.6. The van der Waals surface area contributed by atoms with Gasteiger partial charge in [-0.2, -0.15) is 5.10 Å². The number of piperidine rings is 1. The molecule has 3 aromatic heterocycles. The molecule has 1 spiro atoms. The zero-order chi connectivity index (χ0) is 21.7. The molecule has 0 radical (unpaired) electrons. The zero-order valence-electron chi connectivity index (χ0n) is 18.2. The Morgan fingerprint density at radius 2 is 1.72 bits per heavy atom. The number of nitrogens with zero attached hydrogens (tertiary/aromatic N) is 5. The van der Waals surface area contributed by atoms with Gasteiger partial charge in [-0.05, 0) is 37.0 Å². The molecule has 0 saturated carbocycles. The Kier molecular flexibility index (Phi) is 4.31. The maximum atomic E-state index is 12.4. The molecule has 162 valence electrons. The van der Waals surface area contributed by atoms with Crippen LogP contribution in [-0.2, 0) is 11.8 Å². The van der Waals surface area contributed by atoms with Gasteiger partial charge in [-0.3, -0.25) is 13.9 Å². The average Bonchev–Trinajstić information content (AvgIpc) is 3.54. The zero-order valence-corrected chi connectivity index (χ0v) is 18.2. The molecule has 0 unspecified atom stereocenters. The minimum Gasteiger partial charge on any atom is -0.358 e. The van der Waals surface area contributed by atoms with Crippen molar-refractivity contribution in [1.29, 1.82) is 0 Å². The van der Waals surface area contributed by atoms with Crippen molar-refractivity contribution in [1.82, 2.24) is 24.5 Å². The number of imidazole rings is 1. The largest absolute Gasteiger partial charge is 0.358 e. The topological polar surface area (TPSA) is 67.5 Å². The van der Waals surface area contributed by atoms with Gasteiger partial charge in [0.2, 0.25) is 5.91 Å². The molecule has 1 aromatic carbocycles. The van der Waals surface area contributed by atoms with Crippen LogP contribution in [0, 0.1) is 5.41 Å². The number of carbonyl (C=O) groups is 1. The lowest BCUT2D eigenvalue weighted by molar-refractivity contribution is -0.128. The van der Waals surface area contributed by atoms with Gasteiger partial charge in [-0.25, -0.2) is 4.98 Å². The first-order valence-electron chi connectivity index (χ1n) is 11.2. The second-order valence-corrected chi connectivity index (χ2v) is 8.97. The number of aromatic nitrogens is 4. The van der Waals surface area contributed by atoms with Crippen LogP contribution in [0.1, 0.15) is 19.3 Å². The van der Waals surface area contributed by atoms with E-state index in [1.807, 2.05) is 36.4 Å². The summed E-state index contributed by atoms with van der Waals surface area (Å²) >= 11 is 0. The number of anilines is 1. The Hall–Kier alpha value is -3.61. The van der Waals surface area contributed by atoms with E-state index in [4.69, 9.17) is 0 Å². The monoisotopic (exact) mass is 426 g/mol. The highest BCUT2D eigenvalue weighted by Crippen LogP contribution is 2.39. The Bertz CT molecular complexity index is 1290. The summed E-state index contributed by atoms with van der Waals surface area (Å²) in [6.07, 6.45) is 8.62. The predicted octanol–water partition coefficient (Wildman–Crippen LogP) is 3.51. The fourth-order valence-electron chi connectivity index (χ4n) is 5.23. The van der Waals surface area contributed by atoms with Gasteiger partial charge in [-0.1, -0.05) is 30.3 Å². The number of amides is 1. The SMILES string of the molecule is Cn1cc(-c2ccc(-c3cnc4cccc(N5CCC6(CCNC6=O)CC5)n34)cc2)cn1. The summed E-state index contributed by atoms with van der Waals surface area (Å²) in [6.45, 7) is 2.57. The van der Waals surface area contributed by atoms with Gasteiger partial charge in [0.25, 0.3) is 0 Å². The predicted molar refractivity (Wildman–Crippen MR) is 124 cm³/mol. The standard InChI is InChI=1S/C25H26N6O/c1-29-17-20(15-28-29)18-5-7-19(8-6-18)21-16-27-22-3-2-4-23(31(21)22)30-13-10-25(11-14-30)9-12-26-24(25)32/h2-8,15-17H,9-14H2,1H3,(H,26,32). The maximum absolute atomic E-state index is 12.4. The summed E-state index contributed by atoms with van der Waals surface area (Å²) in [5, 5.41) is 7.30. The van der Waals surface area contributed by atoms with Crippen molar-refractivity contribution in [2.45, 2.75) is 19.3 Å². The van der Waals surface area contributed by atoms with Crippen LogP contribution in [0.15, 0.2) is 61.1 Å². The Morgan fingerprint density at radius 1 is 0.938 bits per heavy atom. The highest BCUT2D eigenvalue weighted by molar-refractivity contribution is 5.85. The van der Waals surface area contributed by atoms with E-state index < -0.39 is 0 Å². The van der Waals surface area contributed by atoms with Crippen LogP contribution in [0.2, 0.25) is 0 Å². The average molecular weight is 427 g/mol. The molecule has 4 aromatic rings. The molecule has 2 saturated heterocycles. The molecule has 1 N–H and O–H groups in total. The van der Waals surface area contributed by atoms with Gasteiger partial charge in [0, 0.05) is 44.0 Å². The van der Waals surface area contributed by atoms with Crippen molar-refractivity contribution in [2.24, 2.45) is 12.5 Å². The normalized spacial score (nSPS) is 17.9. The summed E-state index contributed by atoms with van der Waals surface area (Å²) < 4.78 is 4.06. The van der Waals surface area contributed by atoms with E-state index in [0.29, 0.717) is 0 Å². The van der Waals surface area contributed by atoms with Crippen LogP contribution in [0.25, 0.3) is 28.0 Å². The van der Waals surface area contributed by atoms with E-state index in [1.165, 1.54) is 0 Å². The minimum atomic E-state index is -0.162. The molecule has 32 heavy (non-hydrogen) atoms. The van der Waals surface area contributed by atoms with E-state index in [9.17, 15) is 4.79 Å². The number of aryl methyl sites for hydroxylation is 1. The quantitative estimate of drug-likeness (QED) is 0.544. The number of fused-ring (bicyclic) bond motifs is 1. The lowest BCUT2D eigenvalue weighted by atomic mass is 9.77. The van der Waals surface area contributed by atoms with Gasteiger partial charge in [-0.15, -0.1) is 0 Å². The number of nitrogens with one attached hydrogen (secondary N) is 1. The summed E-state index contributed by atoms with van der Waals surface area (Å²) in [4.78, 5) is 19.5. The van der Waals surface area contributed by atoms with Gasteiger partial charge in [0.1, 0.15) is 11.5 Å². The van der Waals surface area contributed by atoms with Gasteiger partial charge < -0.3 is 10.2 Å². The van der Waals surface area contributed by atoms with Crippen LogP contribution in [0.4, 0.5) is 5.82 Å². The van der Waals surface area contributed by atoms with Crippen molar-refractivity contribution in [3.63, 3.8) is 0 Å². The van der Waals surface area contributed by atoms with Crippen LogP contribution in [0.3, 0.4) is 0 Å². The van der Waals surface area contributed by atoms with Gasteiger partial charge >= 0.3 is 0 Å². The third-order valence-corrected chi connectivity index (χ3v) is 7.14. The Balaban J connectivity index is 1.33. The van der Waals surface area contributed by atoms with Crippen molar-refractivity contribution in [2.75, 3.05) is 24.5 Å². The molecule has 2 aliphatic heterocycles. The molecule has 2 fully saturated rings. The maximum Gasteiger partial charge on any atom is 0.226 e. The third kappa shape index (κ3) is 2.99. The molecule has 5 heterocycles. The molecule has 0 aliphatic carbocycles. The number of hydrogen-bond acceptors (Lipinski definition) is 4. The smallest absolute Gasteiger partial charge is 0.226 e. The minimum absolute atomic E-state index is 0.162. The number of rotatable bonds is 3. The van der Waals surface area contributed by atoms with E-state index in [1.54, 1.807) is 0 Å². The molecule has 1 amide bonds. The molecule has 6 rings (SSSR count). The van der Waals surface area contributed by atoms with Crippen molar-refractivity contribution in [3.8, 4) is 22.4 Å². The highest BCUT2D eigenvalue weighted by Gasteiger charge is 2.44. The molecular weight excluding hydrogens is 400 g/mol. The van der Waals surface area contributed by atoms with Gasteiger partial charge in [0.15, 0.2) is 0 Å². The van der Waals surface area contributed by atoms with E-state index in [0.717, 1.165) is 72.7 Å². The van der Waals surface area contributed by atoms with Crippen LogP contribution < -0.4 is 10.2 Å². The third-order valence-electron chi connectivity index (χ3n) is 7.14. The number of pyridine rings is 1. The number of benzene rings is 1. The fraction of sp³-hybridized carbons (Fsp3) is 0.320. The Morgan fingerprint density at radius 3 is 2.41 bits per heavy atom. The molecule has 7 heteroatoms. The van der Waals surface area contributed by atoms with Crippen molar-refractivity contribution < 1.29 is 4.79 Å². The van der Waals surface area contributed by atoms with E-state index in [-0.39, 0.29) is 11.3 Å². The first-order valence-corrected chi connectivity index (χ1v) is 11.2. The van der Waals surface area contributed by atoms with Crippen LogP contribution in [0.5, 0.6) is 0 Å². The van der Waals surface area contributed by atoms with Crippen LogP contribution in [-0.4, -0.2) is 44.7 Å². The summed E-state index contributed by atoms with van der Waals surface area (Å²) in [5.41, 5.74) is 5.23. The second-order valence-electron chi connectivity index (χ2n) is 8.97. The molecule has 7 nitrogen and oxygen atoms in total. The fourth-order valence-corrected chi connectivity index (χ4v) is 5.23. The lowest BCUT2D eigenvalue weighted by Crippen LogP contribution is -2.44. The molecule has 2 aliphatic rings. The molecule has 0 bridgehead atoms.